The second kappa shape index (κ2) is 33.6. The first-order chi connectivity index (χ1) is 38.1. The van der Waals surface area contributed by atoms with Gasteiger partial charge in [-0.1, -0.05) is 97.0 Å². The number of hydrogen-bond acceptors (Lipinski definition) is 21. The van der Waals surface area contributed by atoms with Crippen LogP contribution in [0.15, 0.2) is 18.2 Å². The molecule has 3 saturated heterocycles. The Bertz CT molecular complexity index is 2450. The van der Waals surface area contributed by atoms with Crippen molar-refractivity contribution < 1.29 is 131 Å². The van der Waals surface area contributed by atoms with E-state index in [9.17, 15) is 97.3 Å². The molecule has 0 saturated carbocycles. The molecule has 8 amide bonds. The average molecular weight is 1200 g/mol. The first-order valence-electron chi connectivity index (χ1n) is 27.4. The van der Waals surface area contributed by atoms with Gasteiger partial charge in [0.25, 0.3) is 10.4 Å². The van der Waals surface area contributed by atoms with E-state index in [0.717, 1.165) is 45.1 Å². The third-order valence-corrected chi connectivity index (χ3v) is 15.0. The van der Waals surface area contributed by atoms with Gasteiger partial charge < -0.3 is 96.8 Å². The van der Waals surface area contributed by atoms with Gasteiger partial charge in [-0.05, 0) is 31.0 Å². The molecule has 458 valence electrons. The van der Waals surface area contributed by atoms with E-state index in [4.69, 9.17) is 5.73 Å². The molecule has 0 radical (unpaired) electrons. The summed E-state index contributed by atoms with van der Waals surface area (Å²) >= 11 is 0. The van der Waals surface area contributed by atoms with Crippen molar-refractivity contribution in [2.24, 2.45) is 11.7 Å². The molecular weight excluding hydrogens is 1120 g/mol. The average Bonchev–Trinajstić information content (AvgIpc) is 3.95. The largest absolute Gasteiger partial charge is 1.00 e. The number of primary amides is 1. The topological polar surface area (TPSA) is 478 Å². The van der Waals surface area contributed by atoms with Gasteiger partial charge >= 0.3 is 29.6 Å². The fourth-order valence-corrected chi connectivity index (χ4v) is 10.4. The molecule has 1 aromatic carbocycles. The van der Waals surface area contributed by atoms with Crippen molar-refractivity contribution in [3.63, 3.8) is 0 Å². The molecule has 3 aliphatic heterocycles. The van der Waals surface area contributed by atoms with Crippen LogP contribution in [0.4, 0.5) is 0 Å². The molecule has 0 unspecified atom stereocenters. The molecule has 1 aromatic rings. The van der Waals surface area contributed by atoms with Crippen LogP contribution >= 0.6 is 0 Å². The summed E-state index contributed by atoms with van der Waals surface area (Å²) in [6.45, 7) is 3.38. The standard InChI is InChI=1S/C51H82N8O21S.Na/c1-4-5-6-7-8-9-10-11-12-13-14-15-16-17-37(66)53-30-22-34(64)47(72)57-49(74)41-42(67)26(2)24-59(41)51(76)39(33(63)23-36(52)65)55-48(73)40(44(69)43(68)28-18-19-32(62)35(20-28)80-81(77,78)79)56-46(71)31-21-29(61)25-58(31)50(75)38(27(3)60)54-45(30)70;/h18-20,26-27,29-31,33-34,38-44,47,60-64,67-69,72H,4-17,21-25H2,1-3H3,(H2,52,65)(H,53,66)(H,54,70)(H,55,73)(H,56,71)(H,57,74)(H,77,78,79);/q;+1/p-1/t26-,27+,29+,30-,31-,33+,34+,38-,39-,40-,41-,42-,43-,44-,47+;/m0./s1. The SMILES string of the molecule is CCCCCCCCCCCCCCCC(=O)N[C@H]1C[C@@H](O)[C@@H](O)NC(=O)[C@@H]2[C@@H](O)[C@@H](C)CN2C(=O)[C@H]([C@H](O)CC(N)=O)NC(=O)[C@H]([C@H](O)[C@@H](O)c2ccc(O)c(OS(=O)(=O)[O-])c2)NC(=O)[C@@H]2C[C@@H](O)CN2C(=O)[C@H]([C@@H](C)O)NC1=O.[Na+]. The molecule has 16 N–H and O–H groups in total. The van der Waals surface area contributed by atoms with E-state index in [1.807, 2.05) is 10.6 Å². The molecule has 0 spiro atoms. The van der Waals surface area contributed by atoms with Crippen LogP contribution in [0.3, 0.4) is 0 Å². The Morgan fingerprint density at radius 2 is 1.30 bits per heavy atom. The van der Waals surface area contributed by atoms with Crippen LogP contribution in [0.1, 0.15) is 142 Å². The molecule has 82 heavy (non-hydrogen) atoms. The Labute approximate surface area is 497 Å². The summed E-state index contributed by atoms with van der Waals surface area (Å²) in [5.41, 5.74) is 4.72. The summed E-state index contributed by atoms with van der Waals surface area (Å²) in [6.07, 6.45) is -6.52. The van der Waals surface area contributed by atoms with Gasteiger partial charge in [0, 0.05) is 38.3 Å². The summed E-state index contributed by atoms with van der Waals surface area (Å²) in [4.78, 5) is 113. The molecular formula is C51H81N8NaO21S. The second-order valence-corrected chi connectivity index (χ2v) is 22.2. The first kappa shape index (κ1) is 71.4. The molecule has 0 aliphatic carbocycles. The third-order valence-electron chi connectivity index (χ3n) is 14.6. The number of benzene rings is 1. The van der Waals surface area contributed by atoms with Crippen LogP contribution in [0, 0.1) is 5.92 Å². The van der Waals surface area contributed by atoms with Crippen LogP contribution in [0.2, 0.25) is 0 Å². The number of aliphatic hydroxyl groups excluding tert-OH is 8. The number of amides is 8. The zero-order valence-electron chi connectivity index (χ0n) is 46.6. The van der Waals surface area contributed by atoms with Gasteiger partial charge in [-0.3, -0.25) is 38.4 Å². The summed E-state index contributed by atoms with van der Waals surface area (Å²) in [5, 5.41) is 111. The number of hydrogen-bond donors (Lipinski definition) is 15. The number of carbonyl (C=O) groups is 8. The maximum Gasteiger partial charge on any atom is 1.00 e. The maximum atomic E-state index is 14.6. The predicted molar refractivity (Wildman–Crippen MR) is 281 cm³/mol. The van der Waals surface area contributed by atoms with Gasteiger partial charge in [-0.25, -0.2) is 8.42 Å². The van der Waals surface area contributed by atoms with Crippen LogP contribution in [0.25, 0.3) is 0 Å². The normalized spacial score (nSPS) is 27.7. The summed E-state index contributed by atoms with van der Waals surface area (Å²) < 4.78 is 38.4. The fraction of sp³-hybridized carbons (Fsp3) is 0.725. The van der Waals surface area contributed by atoms with E-state index < -0.39 is 198 Å². The molecule has 0 aromatic heterocycles. The number of rotatable bonds is 24. The van der Waals surface area contributed by atoms with Crippen LogP contribution in [-0.4, -0.2) is 208 Å². The first-order valence-corrected chi connectivity index (χ1v) is 28.7. The number of carbonyl (C=O) groups excluding carboxylic acids is 8. The molecule has 29 nitrogen and oxygen atoms in total. The molecule has 31 heteroatoms. The minimum atomic E-state index is -5.58. The minimum Gasteiger partial charge on any atom is -0.716 e. The Kier molecular flexibility index (Phi) is 29.3. The molecule has 3 aliphatic rings. The Morgan fingerprint density at radius 1 is 0.756 bits per heavy atom. The van der Waals surface area contributed by atoms with E-state index in [-0.39, 0.29) is 36.0 Å². The third kappa shape index (κ3) is 21.0. The van der Waals surface area contributed by atoms with E-state index in [1.165, 1.54) is 45.4 Å². The predicted octanol–water partition coefficient (Wildman–Crippen LogP) is -6.96. The summed E-state index contributed by atoms with van der Waals surface area (Å²) in [5.74, 6) is -13.4. The number of aliphatic hydroxyl groups is 8. The van der Waals surface area contributed by atoms with Crippen molar-refractivity contribution >= 4 is 57.7 Å². The Hall–Kier alpha value is -4.83. The Morgan fingerprint density at radius 3 is 1.87 bits per heavy atom. The number of phenols is 1. The quantitative estimate of drug-likeness (QED) is 0.0198. The van der Waals surface area contributed by atoms with E-state index >= 15 is 0 Å². The molecule has 3 heterocycles. The summed E-state index contributed by atoms with van der Waals surface area (Å²) in [7, 11) is -5.58. The van der Waals surface area contributed by atoms with Crippen molar-refractivity contribution in [2.45, 2.75) is 215 Å². The van der Waals surface area contributed by atoms with E-state index in [2.05, 4.69) is 27.1 Å². The van der Waals surface area contributed by atoms with Gasteiger partial charge in [0.05, 0.1) is 30.8 Å². The minimum absolute atomic E-state index is 0. The van der Waals surface area contributed by atoms with Gasteiger partial charge in [-0.2, -0.15) is 0 Å². The number of aromatic hydroxyl groups is 1. The van der Waals surface area contributed by atoms with Crippen molar-refractivity contribution in [2.75, 3.05) is 13.1 Å². The second-order valence-electron chi connectivity index (χ2n) is 21.3. The number of phenolic OH excluding ortho intramolecular Hbond substituents is 1. The smallest absolute Gasteiger partial charge is 0.716 e. The number of fused-ring (bicyclic) bond motifs is 2. The fourth-order valence-electron chi connectivity index (χ4n) is 10.1. The van der Waals surface area contributed by atoms with Crippen molar-refractivity contribution in [3.05, 3.63) is 23.8 Å². The van der Waals surface area contributed by atoms with Gasteiger partial charge in [0.15, 0.2) is 17.7 Å². The molecule has 3 fully saturated rings. The van der Waals surface area contributed by atoms with E-state index in [0.29, 0.717) is 34.8 Å². The van der Waals surface area contributed by atoms with Crippen LogP contribution in [-0.2, 0) is 48.8 Å². The van der Waals surface area contributed by atoms with Crippen molar-refractivity contribution in [3.8, 4) is 11.5 Å². The van der Waals surface area contributed by atoms with Gasteiger partial charge in [0.1, 0.15) is 54.6 Å². The van der Waals surface area contributed by atoms with Crippen molar-refractivity contribution in [1.29, 1.82) is 0 Å². The van der Waals surface area contributed by atoms with Crippen LogP contribution < -0.4 is 66.1 Å². The molecule has 0 bridgehead atoms. The zero-order valence-corrected chi connectivity index (χ0v) is 49.4. The molecule has 4 rings (SSSR count). The summed E-state index contributed by atoms with van der Waals surface area (Å²) in [6, 6.07) is -10.6. The number of nitrogens with zero attached hydrogens (tertiary/aromatic N) is 2. The maximum absolute atomic E-state index is 14.6. The monoisotopic (exact) mass is 1200 g/mol. The van der Waals surface area contributed by atoms with Gasteiger partial charge in [-0.15, -0.1) is 0 Å². The van der Waals surface area contributed by atoms with E-state index in [1.54, 1.807) is 0 Å². The number of nitrogens with one attached hydrogen (secondary N) is 5. The number of unbranched alkanes of at least 4 members (excludes halogenated alkanes) is 12. The van der Waals surface area contributed by atoms with Crippen LogP contribution in [0.5, 0.6) is 11.5 Å². The zero-order chi connectivity index (χ0) is 60.5. The number of nitrogens with two attached hydrogens (primary N) is 1. The van der Waals surface area contributed by atoms with Gasteiger partial charge in [0.2, 0.25) is 47.3 Å². The molecule has 15 atom stereocenters. The Balaban J connectivity index is 0.0000176. The van der Waals surface area contributed by atoms with Crippen molar-refractivity contribution in [1.82, 2.24) is 36.4 Å².